The molecule has 3 aromatic carbocycles. The van der Waals surface area contributed by atoms with E-state index in [9.17, 15) is 18.0 Å². The molecule has 38 heavy (non-hydrogen) atoms. The number of hydrogen-bond donors (Lipinski definition) is 2. The summed E-state index contributed by atoms with van der Waals surface area (Å²) in [5.74, 6) is -0.307. The van der Waals surface area contributed by atoms with Crippen molar-refractivity contribution in [1.82, 2.24) is 9.36 Å². The second-order valence-corrected chi connectivity index (χ2v) is 10.2. The average Bonchev–Trinajstić information content (AvgIpc) is 3.14. The van der Waals surface area contributed by atoms with Crippen LogP contribution in [-0.4, -0.2) is 44.5 Å². The summed E-state index contributed by atoms with van der Waals surface area (Å²) < 4.78 is 41.0. The first-order valence-corrected chi connectivity index (χ1v) is 13.1. The summed E-state index contributed by atoms with van der Waals surface area (Å²) in [6.45, 7) is 1.41. The van der Waals surface area contributed by atoms with Crippen molar-refractivity contribution in [3.63, 3.8) is 0 Å². The predicted molar refractivity (Wildman–Crippen MR) is 144 cm³/mol. The van der Waals surface area contributed by atoms with Crippen LogP contribution in [0, 0.1) is 6.92 Å². The Bertz CT molecular complexity index is 1630. The van der Waals surface area contributed by atoms with E-state index in [-0.39, 0.29) is 44.8 Å². The van der Waals surface area contributed by atoms with Crippen LogP contribution in [0.15, 0.2) is 87.4 Å². The Morgan fingerprint density at radius 1 is 0.921 bits per heavy atom. The minimum Gasteiger partial charge on any atom is -0.493 e. The Labute approximate surface area is 220 Å². The van der Waals surface area contributed by atoms with E-state index in [0.717, 1.165) is 0 Å². The van der Waals surface area contributed by atoms with E-state index in [0.29, 0.717) is 11.4 Å². The Morgan fingerprint density at radius 2 is 1.55 bits per heavy atom. The molecular weight excluding hydrogens is 508 g/mol. The number of anilines is 2. The summed E-state index contributed by atoms with van der Waals surface area (Å²) in [7, 11) is 0.416. The molecule has 10 nitrogen and oxygen atoms in total. The summed E-state index contributed by atoms with van der Waals surface area (Å²) >= 11 is 0. The van der Waals surface area contributed by atoms with Gasteiger partial charge in [0.2, 0.25) is 15.7 Å². The number of nitrogens with one attached hydrogen (secondary N) is 2. The zero-order valence-corrected chi connectivity index (χ0v) is 22.2. The van der Waals surface area contributed by atoms with Crippen molar-refractivity contribution in [2.45, 2.75) is 16.7 Å². The third kappa shape index (κ3) is 4.88. The molecule has 11 heteroatoms. The quantitative estimate of drug-likeness (QED) is 0.336. The van der Waals surface area contributed by atoms with Crippen molar-refractivity contribution < 1.29 is 22.7 Å². The van der Waals surface area contributed by atoms with Gasteiger partial charge in [0.15, 0.2) is 11.5 Å². The van der Waals surface area contributed by atoms with Crippen LogP contribution in [0.3, 0.4) is 0 Å². The van der Waals surface area contributed by atoms with Crippen LogP contribution in [0.4, 0.5) is 11.4 Å². The van der Waals surface area contributed by atoms with Gasteiger partial charge in [0, 0.05) is 7.05 Å². The van der Waals surface area contributed by atoms with Gasteiger partial charge in [0.1, 0.15) is 10.6 Å². The first-order valence-electron chi connectivity index (χ1n) is 11.6. The summed E-state index contributed by atoms with van der Waals surface area (Å²) in [5, 5.41) is 5.54. The number of hydrogen-bond acceptors (Lipinski definition) is 7. The van der Waals surface area contributed by atoms with Crippen LogP contribution >= 0.6 is 0 Å². The fraction of sp³-hybridized carbons (Fsp3) is 0.185. The third-order valence-corrected chi connectivity index (χ3v) is 7.92. The van der Waals surface area contributed by atoms with E-state index in [1.54, 1.807) is 55.1 Å². The molecule has 0 spiro atoms. The first-order chi connectivity index (χ1) is 18.2. The van der Waals surface area contributed by atoms with Crippen molar-refractivity contribution in [3.05, 3.63) is 88.8 Å². The average molecular weight is 537 g/mol. The number of aromatic nitrogens is 2. The lowest BCUT2D eigenvalue weighted by molar-refractivity contribution is -0.114. The second kappa shape index (κ2) is 10.9. The number of nitrogens with zero attached hydrogens (tertiary/aromatic N) is 2. The summed E-state index contributed by atoms with van der Waals surface area (Å²) in [4.78, 5) is 25.9. The maximum Gasteiger partial charge on any atom is 0.295 e. The van der Waals surface area contributed by atoms with Crippen LogP contribution in [0.5, 0.6) is 11.5 Å². The van der Waals surface area contributed by atoms with Crippen molar-refractivity contribution in [2.75, 3.05) is 31.4 Å². The Kier molecular flexibility index (Phi) is 7.58. The molecule has 2 N–H and O–H groups in total. The molecular formula is C27H28N4O6S. The molecule has 0 saturated heterocycles. The molecule has 0 saturated carbocycles. The van der Waals surface area contributed by atoms with E-state index in [1.807, 2.05) is 18.2 Å². The molecule has 0 radical (unpaired) electrons. The molecule has 1 heterocycles. The molecule has 4 rings (SSSR count). The molecule has 0 unspecified atom stereocenters. The normalized spacial score (nSPS) is 11.2. The van der Waals surface area contributed by atoms with Crippen molar-refractivity contribution in [2.24, 2.45) is 7.05 Å². The fourth-order valence-electron chi connectivity index (χ4n) is 4.09. The number of carbonyl (C=O) groups excluding carboxylic acids is 1. The largest absolute Gasteiger partial charge is 0.493 e. The van der Waals surface area contributed by atoms with Crippen LogP contribution in [0.25, 0.3) is 5.69 Å². The Morgan fingerprint density at radius 3 is 2.16 bits per heavy atom. The lowest BCUT2D eigenvalue weighted by Crippen LogP contribution is -2.27. The number of para-hydroxylation sites is 1. The highest BCUT2D eigenvalue weighted by molar-refractivity contribution is 7.91. The number of rotatable bonds is 9. The van der Waals surface area contributed by atoms with Crippen molar-refractivity contribution >= 4 is 27.1 Å². The molecule has 4 aromatic rings. The van der Waals surface area contributed by atoms with Crippen molar-refractivity contribution in [1.29, 1.82) is 0 Å². The standard InChI is InChI=1S/C27H28N4O6S/c1-18-24(27(33)31(30(18)2)19-11-7-5-8-12-19)29-23(32)17-28-21-15-16-22(36-3)25(37-4)26(21)38(34,35)20-13-9-6-10-14-20/h5-16,28H,17H2,1-4H3,(H,29,32). The highest BCUT2D eigenvalue weighted by atomic mass is 32.2. The van der Waals surface area contributed by atoms with E-state index in [1.165, 1.54) is 37.1 Å². The van der Waals surface area contributed by atoms with E-state index in [4.69, 9.17) is 9.47 Å². The lowest BCUT2D eigenvalue weighted by atomic mass is 10.2. The van der Waals surface area contributed by atoms with Crippen LogP contribution < -0.4 is 25.7 Å². The van der Waals surface area contributed by atoms with Gasteiger partial charge in [0.25, 0.3) is 5.56 Å². The second-order valence-electron chi connectivity index (χ2n) is 8.33. The first kappa shape index (κ1) is 26.6. The number of methoxy groups -OCH3 is 2. The molecule has 0 aliphatic heterocycles. The van der Waals surface area contributed by atoms with E-state index in [2.05, 4.69) is 10.6 Å². The highest BCUT2D eigenvalue weighted by Crippen LogP contribution is 2.42. The molecule has 1 aromatic heterocycles. The van der Waals surface area contributed by atoms with Gasteiger partial charge in [0.05, 0.1) is 42.7 Å². The predicted octanol–water partition coefficient (Wildman–Crippen LogP) is 3.39. The van der Waals surface area contributed by atoms with E-state index >= 15 is 0 Å². The highest BCUT2D eigenvalue weighted by Gasteiger charge is 2.29. The number of ether oxygens (including phenoxy) is 2. The third-order valence-electron chi connectivity index (χ3n) is 6.08. The summed E-state index contributed by atoms with van der Waals surface area (Å²) in [6.07, 6.45) is 0. The maximum atomic E-state index is 13.6. The summed E-state index contributed by atoms with van der Waals surface area (Å²) in [6, 6.07) is 20.0. The Hall–Kier alpha value is -4.51. The smallest absolute Gasteiger partial charge is 0.295 e. The molecule has 0 bridgehead atoms. The monoisotopic (exact) mass is 536 g/mol. The van der Waals surface area contributed by atoms with Crippen LogP contribution in [-0.2, 0) is 21.7 Å². The van der Waals surface area contributed by atoms with Crippen LogP contribution in [0.1, 0.15) is 5.69 Å². The van der Waals surface area contributed by atoms with Gasteiger partial charge in [-0.05, 0) is 43.3 Å². The Balaban J connectivity index is 1.64. The van der Waals surface area contributed by atoms with Crippen LogP contribution in [0.2, 0.25) is 0 Å². The van der Waals surface area contributed by atoms with E-state index < -0.39 is 15.7 Å². The number of carbonyl (C=O) groups is 1. The number of amides is 1. The fourth-order valence-corrected chi connectivity index (χ4v) is 5.70. The minimum absolute atomic E-state index is 0.00594. The molecule has 1 amide bonds. The number of sulfone groups is 1. The molecule has 198 valence electrons. The lowest BCUT2D eigenvalue weighted by Gasteiger charge is -2.18. The van der Waals surface area contributed by atoms with Gasteiger partial charge in [-0.2, -0.15) is 0 Å². The van der Waals surface area contributed by atoms with Gasteiger partial charge in [-0.3, -0.25) is 14.3 Å². The number of benzene rings is 3. The van der Waals surface area contributed by atoms with Gasteiger partial charge < -0.3 is 20.1 Å². The van der Waals surface area contributed by atoms with Gasteiger partial charge in [-0.25, -0.2) is 13.1 Å². The van der Waals surface area contributed by atoms with Gasteiger partial charge in [-0.15, -0.1) is 0 Å². The maximum absolute atomic E-state index is 13.6. The molecule has 0 atom stereocenters. The topological polar surface area (TPSA) is 121 Å². The zero-order chi connectivity index (χ0) is 27.4. The van der Waals surface area contributed by atoms with Gasteiger partial charge >= 0.3 is 0 Å². The zero-order valence-electron chi connectivity index (χ0n) is 21.4. The summed E-state index contributed by atoms with van der Waals surface area (Å²) in [5.41, 5.74) is 1.11. The molecule has 0 fully saturated rings. The molecule has 0 aliphatic carbocycles. The van der Waals surface area contributed by atoms with Crippen molar-refractivity contribution in [3.8, 4) is 17.2 Å². The SMILES string of the molecule is COc1ccc(NCC(=O)Nc2c(C)n(C)n(-c3ccccc3)c2=O)c(S(=O)(=O)c2ccccc2)c1OC. The molecule has 0 aliphatic rings. The minimum atomic E-state index is -4.05. The van der Waals surface area contributed by atoms with Gasteiger partial charge in [-0.1, -0.05) is 36.4 Å².